The Morgan fingerprint density at radius 3 is 1.88 bits per heavy atom. The Labute approximate surface area is 194 Å². The molecule has 0 radical (unpaired) electrons. The molecule has 4 nitrogen and oxygen atoms in total. The second-order valence-corrected chi connectivity index (χ2v) is 9.73. The van der Waals surface area contributed by atoms with Crippen LogP contribution in [0, 0.1) is 6.92 Å². The number of hydrogen-bond acceptors (Lipinski definition) is 4. The van der Waals surface area contributed by atoms with Crippen molar-refractivity contribution >= 4 is 15.5 Å². The third-order valence-corrected chi connectivity index (χ3v) is 7.44. The van der Waals surface area contributed by atoms with Crippen LogP contribution in [0.5, 0.6) is 5.75 Å². The van der Waals surface area contributed by atoms with Crippen molar-refractivity contribution in [2.24, 2.45) is 0 Å². The lowest BCUT2D eigenvalue weighted by molar-refractivity contribution is -0.287. The van der Waals surface area contributed by atoms with E-state index in [0.717, 1.165) is 0 Å². The summed E-state index contributed by atoms with van der Waals surface area (Å²) in [7, 11) is -3.35. The fraction of sp³-hybridized carbons (Fsp3) is 0.250. The Morgan fingerprint density at radius 1 is 0.824 bits per heavy atom. The predicted octanol–water partition coefficient (Wildman–Crippen LogP) is 6.20. The summed E-state index contributed by atoms with van der Waals surface area (Å²) in [5.41, 5.74) is 0.358. The largest absolute Gasteiger partial charge is 0.497 e. The van der Waals surface area contributed by atoms with Gasteiger partial charge in [-0.2, -0.15) is 22.0 Å². The second kappa shape index (κ2) is 9.61. The number of aryl methyl sites for hydroxylation is 1. The van der Waals surface area contributed by atoms with Crippen molar-refractivity contribution in [1.29, 1.82) is 0 Å². The molecule has 0 heterocycles. The number of halogens is 5. The van der Waals surface area contributed by atoms with Gasteiger partial charge in [-0.15, -0.1) is 0 Å². The highest BCUT2D eigenvalue weighted by Gasteiger charge is 2.66. The molecule has 182 valence electrons. The van der Waals surface area contributed by atoms with Gasteiger partial charge in [0, 0.05) is 5.69 Å². The summed E-state index contributed by atoms with van der Waals surface area (Å²) in [5.74, 6) is -5.07. The Bertz CT molecular complexity index is 1200. The van der Waals surface area contributed by atoms with Crippen LogP contribution >= 0.6 is 0 Å². The topological polar surface area (TPSA) is 55.4 Å². The van der Waals surface area contributed by atoms with Crippen molar-refractivity contribution < 1.29 is 35.1 Å². The molecule has 0 spiro atoms. The second-order valence-electron chi connectivity index (χ2n) is 7.66. The lowest BCUT2D eigenvalue weighted by Gasteiger charge is -2.35. The first kappa shape index (κ1) is 25.5. The zero-order valence-corrected chi connectivity index (χ0v) is 19.0. The monoisotopic (exact) mass is 499 g/mol. The van der Waals surface area contributed by atoms with E-state index in [1.165, 1.54) is 86.0 Å². The average molecular weight is 500 g/mol. The number of sulfone groups is 1. The van der Waals surface area contributed by atoms with Gasteiger partial charge in [0.15, 0.2) is 9.84 Å². The predicted molar refractivity (Wildman–Crippen MR) is 119 cm³/mol. The standard InChI is InChI=1S/C24H22F5NO3S/c1-16-8-14-20(15-9-16)34(31,32)21(17-6-4-3-5-7-17)22(23(25,26)24(27,28)29)30-18-10-12-19(33-2)13-11-18/h3-15,21-22,30H,1-2H3/t21-,22+/m0/s1. The molecule has 10 heteroatoms. The van der Waals surface area contributed by atoms with Crippen molar-refractivity contribution in [3.63, 3.8) is 0 Å². The smallest absolute Gasteiger partial charge is 0.455 e. The molecular weight excluding hydrogens is 477 g/mol. The SMILES string of the molecule is COc1ccc(N[C@H]([C@H](c2ccccc2)S(=O)(=O)c2ccc(C)cc2)C(F)(F)C(F)(F)F)cc1. The number of alkyl halides is 5. The highest BCUT2D eigenvalue weighted by atomic mass is 32.2. The molecule has 3 aromatic rings. The summed E-state index contributed by atoms with van der Waals surface area (Å²) in [6, 6.07) is 14.3. The molecule has 3 aromatic carbocycles. The van der Waals surface area contributed by atoms with Crippen molar-refractivity contribution in [2.45, 2.75) is 35.2 Å². The van der Waals surface area contributed by atoms with Crippen LogP contribution in [0.1, 0.15) is 16.4 Å². The van der Waals surface area contributed by atoms with Crippen LogP contribution < -0.4 is 10.1 Å². The summed E-state index contributed by atoms with van der Waals surface area (Å²) in [4.78, 5) is -0.369. The van der Waals surface area contributed by atoms with E-state index >= 15 is 0 Å². The molecule has 0 aliphatic heterocycles. The Morgan fingerprint density at radius 2 is 1.38 bits per heavy atom. The zero-order chi connectivity index (χ0) is 25.1. The number of nitrogens with one attached hydrogen (secondary N) is 1. The molecule has 0 aliphatic carbocycles. The third-order valence-electron chi connectivity index (χ3n) is 5.30. The number of rotatable bonds is 8. The molecule has 0 bridgehead atoms. The third kappa shape index (κ3) is 5.16. The van der Waals surface area contributed by atoms with Gasteiger partial charge in [0.2, 0.25) is 0 Å². The molecule has 0 saturated heterocycles. The highest BCUT2D eigenvalue weighted by Crippen LogP contribution is 2.47. The minimum atomic E-state index is -6.02. The fourth-order valence-corrected chi connectivity index (χ4v) is 5.39. The number of ether oxygens (including phenoxy) is 1. The highest BCUT2D eigenvalue weighted by molar-refractivity contribution is 7.91. The van der Waals surface area contributed by atoms with E-state index in [0.29, 0.717) is 11.3 Å². The van der Waals surface area contributed by atoms with Crippen LogP contribution in [0.3, 0.4) is 0 Å². The normalized spacial score (nSPS) is 14.3. The molecule has 0 fully saturated rings. The van der Waals surface area contributed by atoms with Crippen LogP contribution in [-0.4, -0.2) is 33.7 Å². The van der Waals surface area contributed by atoms with Gasteiger partial charge in [-0.05, 0) is 48.9 Å². The Kier molecular flexibility index (Phi) is 7.21. The molecule has 34 heavy (non-hydrogen) atoms. The van der Waals surface area contributed by atoms with E-state index in [1.54, 1.807) is 6.92 Å². The molecule has 0 aliphatic rings. The average Bonchev–Trinajstić information content (AvgIpc) is 2.79. The maximum atomic E-state index is 15.0. The first-order valence-corrected chi connectivity index (χ1v) is 11.6. The van der Waals surface area contributed by atoms with Crippen LogP contribution in [0.15, 0.2) is 83.8 Å². The maximum absolute atomic E-state index is 15.0. The molecule has 0 aromatic heterocycles. The number of hydrogen-bond donors (Lipinski definition) is 1. The number of benzene rings is 3. The summed E-state index contributed by atoms with van der Waals surface area (Å²) in [6.45, 7) is 1.69. The van der Waals surface area contributed by atoms with Crippen molar-refractivity contribution in [3.05, 3.63) is 90.0 Å². The lowest BCUT2D eigenvalue weighted by atomic mass is 9.98. The van der Waals surface area contributed by atoms with E-state index in [2.05, 4.69) is 5.32 Å². The van der Waals surface area contributed by atoms with E-state index in [4.69, 9.17) is 4.74 Å². The number of anilines is 1. The minimum absolute atomic E-state index is 0.130. The summed E-state index contributed by atoms with van der Waals surface area (Å²) >= 11 is 0. The summed E-state index contributed by atoms with van der Waals surface area (Å²) < 4.78 is 103. The molecule has 0 amide bonds. The van der Waals surface area contributed by atoms with Crippen molar-refractivity contribution in [2.75, 3.05) is 12.4 Å². The molecule has 0 unspecified atom stereocenters. The van der Waals surface area contributed by atoms with Gasteiger partial charge < -0.3 is 10.1 Å². The van der Waals surface area contributed by atoms with Crippen molar-refractivity contribution in [1.82, 2.24) is 0 Å². The Balaban J connectivity index is 2.23. The first-order valence-electron chi connectivity index (χ1n) is 10.1. The van der Waals surface area contributed by atoms with Gasteiger partial charge in [-0.25, -0.2) is 8.42 Å². The summed E-state index contributed by atoms with van der Waals surface area (Å²) in [5, 5.41) is -0.110. The first-order chi connectivity index (χ1) is 15.9. The molecule has 0 saturated carbocycles. The van der Waals surface area contributed by atoms with Crippen LogP contribution in [0.2, 0.25) is 0 Å². The van der Waals surface area contributed by atoms with Gasteiger partial charge in [-0.1, -0.05) is 48.0 Å². The van der Waals surface area contributed by atoms with Crippen LogP contribution in [-0.2, 0) is 9.84 Å². The molecule has 3 rings (SSSR count). The molecular formula is C24H22F5NO3S. The zero-order valence-electron chi connectivity index (χ0n) is 18.2. The maximum Gasteiger partial charge on any atom is 0.455 e. The van der Waals surface area contributed by atoms with Gasteiger partial charge in [-0.3, -0.25) is 0 Å². The van der Waals surface area contributed by atoms with E-state index in [1.807, 2.05) is 0 Å². The fourth-order valence-electron chi connectivity index (χ4n) is 3.47. The van der Waals surface area contributed by atoms with E-state index in [-0.39, 0.29) is 16.1 Å². The summed E-state index contributed by atoms with van der Waals surface area (Å²) in [6.07, 6.45) is -6.02. The van der Waals surface area contributed by atoms with E-state index in [9.17, 15) is 30.4 Å². The molecule has 2 atom stereocenters. The minimum Gasteiger partial charge on any atom is -0.497 e. The van der Waals surface area contributed by atoms with Crippen molar-refractivity contribution in [3.8, 4) is 5.75 Å². The van der Waals surface area contributed by atoms with Gasteiger partial charge in [0.05, 0.1) is 12.0 Å². The van der Waals surface area contributed by atoms with Gasteiger partial charge in [0.25, 0.3) is 0 Å². The van der Waals surface area contributed by atoms with Gasteiger partial charge in [0.1, 0.15) is 17.0 Å². The quantitative estimate of drug-likeness (QED) is 0.375. The van der Waals surface area contributed by atoms with Gasteiger partial charge >= 0.3 is 12.1 Å². The Hall–Kier alpha value is -3.14. The van der Waals surface area contributed by atoms with E-state index < -0.39 is 33.2 Å². The van der Waals surface area contributed by atoms with Crippen LogP contribution in [0.25, 0.3) is 0 Å². The lowest BCUT2D eigenvalue weighted by Crippen LogP contribution is -2.54. The number of methoxy groups -OCH3 is 1. The van der Waals surface area contributed by atoms with Crippen LogP contribution in [0.4, 0.5) is 27.6 Å². The molecule has 1 N–H and O–H groups in total.